The highest BCUT2D eigenvalue weighted by molar-refractivity contribution is 6.31. The number of amides is 1. The first-order valence-electron chi connectivity index (χ1n) is 6.96. The van der Waals surface area contributed by atoms with E-state index >= 15 is 0 Å². The third-order valence-electron chi connectivity index (χ3n) is 3.31. The highest BCUT2D eigenvalue weighted by Gasteiger charge is 2.38. The Morgan fingerprint density at radius 2 is 2.12 bits per heavy atom. The molecule has 0 aliphatic rings. The minimum Gasteiger partial charge on any atom is -0.497 e. The van der Waals surface area contributed by atoms with Crippen LogP contribution in [0.3, 0.4) is 0 Å². The molecule has 0 unspecified atom stereocenters. The van der Waals surface area contributed by atoms with Crippen LogP contribution in [0.4, 0.5) is 18.9 Å². The molecule has 130 valence electrons. The minimum absolute atomic E-state index is 0.0164. The summed E-state index contributed by atoms with van der Waals surface area (Å²) in [5.41, 5.74) is -0.446. The van der Waals surface area contributed by atoms with Crippen molar-refractivity contribution in [3.8, 4) is 5.75 Å². The highest BCUT2D eigenvalue weighted by Crippen LogP contribution is 2.35. The Labute approximate surface area is 141 Å². The summed E-state index contributed by atoms with van der Waals surface area (Å²) in [7, 11) is 1.50. The summed E-state index contributed by atoms with van der Waals surface area (Å²) in [6.45, 7) is 1.40. The molecule has 1 heterocycles. The lowest BCUT2D eigenvalue weighted by atomic mass is 10.3. The Morgan fingerprint density at radius 1 is 1.42 bits per heavy atom. The number of hydrogen-bond donors (Lipinski definition) is 1. The zero-order valence-corrected chi connectivity index (χ0v) is 13.7. The maximum atomic E-state index is 12.7. The van der Waals surface area contributed by atoms with Gasteiger partial charge in [-0.3, -0.25) is 9.48 Å². The molecule has 1 aromatic carbocycles. The predicted molar refractivity (Wildman–Crippen MR) is 83.2 cm³/mol. The lowest BCUT2D eigenvalue weighted by molar-refractivity contribution is -0.141. The van der Waals surface area contributed by atoms with Crippen molar-refractivity contribution in [1.29, 1.82) is 0 Å². The van der Waals surface area contributed by atoms with Gasteiger partial charge >= 0.3 is 6.18 Å². The molecule has 1 aromatic heterocycles. The smallest absolute Gasteiger partial charge is 0.436 e. The number of carbonyl (C=O) groups excluding carboxylic acids is 1. The normalized spacial score (nSPS) is 11.4. The van der Waals surface area contributed by atoms with E-state index in [1.54, 1.807) is 24.3 Å². The Balaban J connectivity index is 2.01. The van der Waals surface area contributed by atoms with Gasteiger partial charge < -0.3 is 10.1 Å². The van der Waals surface area contributed by atoms with Gasteiger partial charge in [0.15, 0.2) is 5.69 Å². The lowest BCUT2D eigenvalue weighted by Gasteiger charge is -2.08. The molecule has 0 bridgehead atoms. The van der Waals surface area contributed by atoms with Gasteiger partial charge in [-0.1, -0.05) is 17.7 Å². The summed E-state index contributed by atoms with van der Waals surface area (Å²) in [5, 5.41) is 5.64. The predicted octanol–water partition coefficient (Wildman–Crippen LogP) is 3.90. The van der Waals surface area contributed by atoms with Crippen LogP contribution in [0.15, 0.2) is 24.3 Å². The first-order chi connectivity index (χ1) is 11.2. The number of halogens is 4. The van der Waals surface area contributed by atoms with Crippen LogP contribution in [-0.4, -0.2) is 22.8 Å². The number of rotatable bonds is 5. The molecule has 0 aliphatic heterocycles. The van der Waals surface area contributed by atoms with E-state index in [0.29, 0.717) is 11.4 Å². The van der Waals surface area contributed by atoms with E-state index in [2.05, 4.69) is 10.4 Å². The fourth-order valence-corrected chi connectivity index (χ4v) is 2.30. The minimum atomic E-state index is -4.63. The molecule has 1 N–H and O–H groups in total. The van der Waals surface area contributed by atoms with E-state index in [4.69, 9.17) is 16.3 Å². The molecule has 5 nitrogen and oxygen atoms in total. The second kappa shape index (κ2) is 7.12. The van der Waals surface area contributed by atoms with Crippen LogP contribution in [0.25, 0.3) is 0 Å². The molecule has 0 aliphatic carbocycles. The van der Waals surface area contributed by atoms with Crippen LogP contribution in [0.2, 0.25) is 5.02 Å². The number of anilines is 1. The molecule has 2 rings (SSSR count). The van der Waals surface area contributed by atoms with Crippen molar-refractivity contribution < 1.29 is 22.7 Å². The molecule has 1 amide bonds. The van der Waals surface area contributed by atoms with Gasteiger partial charge in [0.25, 0.3) is 0 Å². The number of nitrogens with one attached hydrogen (secondary N) is 1. The molecule has 0 radical (unpaired) electrons. The summed E-state index contributed by atoms with van der Waals surface area (Å²) in [5.74, 6) is 0.222. The summed E-state index contributed by atoms with van der Waals surface area (Å²) in [6.07, 6.45) is -4.68. The summed E-state index contributed by atoms with van der Waals surface area (Å²) in [4.78, 5) is 11.9. The standard InChI is InChI=1S/C15H15ClF3N3O2/c1-9-13(16)14(15(17,18)19)21-22(9)7-6-12(23)20-10-4-3-5-11(8-10)24-2/h3-5,8H,6-7H2,1-2H3,(H,20,23). The van der Waals surface area contributed by atoms with Crippen molar-refractivity contribution >= 4 is 23.2 Å². The number of nitrogens with zero attached hydrogens (tertiary/aromatic N) is 2. The largest absolute Gasteiger partial charge is 0.497 e. The van der Waals surface area contributed by atoms with Gasteiger partial charge in [-0.05, 0) is 19.1 Å². The quantitative estimate of drug-likeness (QED) is 0.878. The van der Waals surface area contributed by atoms with Crippen LogP contribution in [0.1, 0.15) is 17.8 Å². The van der Waals surface area contributed by atoms with Crippen LogP contribution in [0.5, 0.6) is 5.75 Å². The van der Waals surface area contributed by atoms with Crippen molar-refractivity contribution in [1.82, 2.24) is 9.78 Å². The number of benzene rings is 1. The zero-order chi connectivity index (χ0) is 17.9. The molecule has 0 saturated heterocycles. The molecular weight excluding hydrogens is 347 g/mol. The second-order valence-electron chi connectivity index (χ2n) is 5.00. The Bertz CT molecular complexity index is 744. The van der Waals surface area contributed by atoms with E-state index in [-0.39, 0.29) is 24.6 Å². The van der Waals surface area contributed by atoms with Crippen molar-refractivity contribution in [2.24, 2.45) is 0 Å². The molecule has 0 spiro atoms. The highest BCUT2D eigenvalue weighted by atomic mass is 35.5. The average Bonchev–Trinajstić information content (AvgIpc) is 2.81. The van der Waals surface area contributed by atoms with Crippen molar-refractivity contribution in [3.63, 3.8) is 0 Å². The Morgan fingerprint density at radius 3 is 2.71 bits per heavy atom. The van der Waals surface area contributed by atoms with E-state index < -0.39 is 16.9 Å². The van der Waals surface area contributed by atoms with E-state index in [1.807, 2.05) is 0 Å². The van der Waals surface area contributed by atoms with Gasteiger partial charge in [-0.2, -0.15) is 18.3 Å². The Hall–Kier alpha value is -2.22. The number of ether oxygens (including phenoxy) is 1. The maximum Gasteiger partial charge on any atom is 0.436 e. The average molecular weight is 362 g/mol. The van der Waals surface area contributed by atoms with Crippen molar-refractivity contribution in [2.75, 3.05) is 12.4 Å². The molecule has 0 saturated carbocycles. The fourth-order valence-electron chi connectivity index (χ4n) is 2.05. The molecule has 0 fully saturated rings. The third kappa shape index (κ3) is 4.19. The van der Waals surface area contributed by atoms with Gasteiger partial charge in [0, 0.05) is 18.2 Å². The number of alkyl halides is 3. The first-order valence-corrected chi connectivity index (χ1v) is 7.34. The second-order valence-corrected chi connectivity index (χ2v) is 5.38. The summed E-state index contributed by atoms with van der Waals surface area (Å²) >= 11 is 5.66. The Kier molecular flexibility index (Phi) is 5.38. The van der Waals surface area contributed by atoms with Gasteiger partial charge in [-0.15, -0.1) is 0 Å². The molecule has 24 heavy (non-hydrogen) atoms. The van der Waals surface area contributed by atoms with E-state index in [0.717, 1.165) is 4.68 Å². The third-order valence-corrected chi connectivity index (χ3v) is 3.76. The fraction of sp³-hybridized carbons (Fsp3) is 0.333. The first kappa shape index (κ1) is 18.1. The van der Waals surface area contributed by atoms with E-state index in [1.165, 1.54) is 14.0 Å². The lowest BCUT2D eigenvalue weighted by Crippen LogP contribution is -2.16. The number of aryl methyl sites for hydroxylation is 1. The SMILES string of the molecule is COc1cccc(NC(=O)CCn2nc(C(F)(F)F)c(Cl)c2C)c1. The molecule has 2 aromatic rings. The number of methoxy groups -OCH3 is 1. The van der Waals surface area contributed by atoms with Crippen molar-refractivity contribution in [2.45, 2.75) is 26.1 Å². The van der Waals surface area contributed by atoms with Crippen molar-refractivity contribution in [3.05, 3.63) is 40.7 Å². The van der Waals surface area contributed by atoms with Crippen LogP contribution < -0.4 is 10.1 Å². The molecule has 9 heteroatoms. The van der Waals surface area contributed by atoms with Gasteiger partial charge in [0.2, 0.25) is 5.91 Å². The zero-order valence-electron chi connectivity index (χ0n) is 12.9. The number of hydrogen-bond acceptors (Lipinski definition) is 3. The number of carbonyl (C=O) groups is 1. The maximum absolute atomic E-state index is 12.7. The molecular formula is C15H15ClF3N3O2. The number of aromatic nitrogens is 2. The van der Waals surface area contributed by atoms with Crippen LogP contribution >= 0.6 is 11.6 Å². The van der Waals surface area contributed by atoms with Gasteiger partial charge in [0.05, 0.1) is 24.4 Å². The summed E-state index contributed by atoms with van der Waals surface area (Å²) < 4.78 is 44.4. The topological polar surface area (TPSA) is 56.1 Å². The van der Waals surface area contributed by atoms with Crippen LogP contribution in [-0.2, 0) is 17.5 Å². The van der Waals surface area contributed by atoms with E-state index in [9.17, 15) is 18.0 Å². The van der Waals surface area contributed by atoms with Gasteiger partial charge in [0.1, 0.15) is 5.75 Å². The monoisotopic (exact) mass is 361 g/mol. The van der Waals surface area contributed by atoms with Crippen LogP contribution in [0, 0.1) is 6.92 Å². The molecule has 0 atom stereocenters. The van der Waals surface area contributed by atoms with Gasteiger partial charge in [-0.25, -0.2) is 0 Å². The summed E-state index contributed by atoms with van der Waals surface area (Å²) in [6, 6.07) is 6.75.